The van der Waals surface area contributed by atoms with E-state index < -0.39 is 0 Å². The van der Waals surface area contributed by atoms with Crippen LogP contribution >= 0.6 is 11.3 Å². The van der Waals surface area contributed by atoms with Gasteiger partial charge in [0.2, 0.25) is 0 Å². The molecule has 0 atom stereocenters. The molecule has 1 aromatic carbocycles. The van der Waals surface area contributed by atoms with E-state index >= 15 is 0 Å². The summed E-state index contributed by atoms with van der Waals surface area (Å²) < 4.78 is 0. The third kappa shape index (κ3) is 3.28. The van der Waals surface area contributed by atoms with Crippen molar-refractivity contribution >= 4 is 22.9 Å². The monoisotopic (exact) mass is 287 g/mol. The van der Waals surface area contributed by atoms with Crippen LogP contribution in [0.2, 0.25) is 0 Å². The average Bonchev–Trinajstić information content (AvgIpc) is 2.82. The van der Waals surface area contributed by atoms with Crippen molar-refractivity contribution in [2.45, 2.75) is 39.5 Å². The van der Waals surface area contributed by atoms with Crippen LogP contribution in [0.5, 0.6) is 0 Å². The van der Waals surface area contributed by atoms with Crippen molar-refractivity contribution in [3.8, 4) is 0 Å². The van der Waals surface area contributed by atoms with E-state index in [4.69, 9.17) is 0 Å². The summed E-state index contributed by atoms with van der Waals surface area (Å²) in [5, 5.41) is 3.04. The highest BCUT2D eigenvalue weighted by Crippen LogP contribution is 2.35. The Morgan fingerprint density at radius 2 is 1.85 bits per heavy atom. The number of carbonyl (C=O) groups excluding carboxylic acids is 1. The first-order valence-corrected chi connectivity index (χ1v) is 7.73. The highest BCUT2D eigenvalue weighted by atomic mass is 32.1. The fraction of sp³-hybridized carbons (Fsp3) is 0.353. The lowest BCUT2D eigenvalue weighted by Crippen LogP contribution is -2.12. The topological polar surface area (TPSA) is 29.1 Å². The Bertz CT molecular complexity index is 593. The maximum atomic E-state index is 12.2. The summed E-state index contributed by atoms with van der Waals surface area (Å²) in [5.41, 5.74) is 1.76. The van der Waals surface area contributed by atoms with Crippen molar-refractivity contribution in [3.05, 3.63) is 51.7 Å². The second-order valence-corrected chi connectivity index (χ2v) is 7.01. The van der Waals surface area contributed by atoms with E-state index in [-0.39, 0.29) is 11.3 Å². The Kier molecular flexibility index (Phi) is 4.29. The third-order valence-electron chi connectivity index (χ3n) is 3.15. The number of aryl methyl sites for hydroxylation is 1. The molecule has 0 saturated carbocycles. The lowest BCUT2D eigenvalue weighted by molar-refractivity contribution is 0.102. The first-order valence-electron chi connectivity index (χ1n) is 6.91. The largest absolute Gasteiger partial charge is 0.321 e. The summed E-state index contributed by atoms with van der Waals surface area (Å²) in [6.45, 7) is 8.71. The molecule has 1 aromatic heterocycles. The van der Waals surface area contributed by atoms with Crippen LogP contribution in [0.1, 0.15) is 47.8 Å². The molecule has 0 aliphatic heterocycles. The minimum Gasteiger partial charge on any atom is -0.321 e. The SMILES string of the molecule is CCc1sc(C(C)(C)C)cc1NC(=O)c1ccccc1. The highest BCUT2D eigenvalue weighted by Gasteiger charge is 2.20. The predicted octanol–water partition coefficient (Wildman–Crippen LogP) is 4.86. The summed E-state index contributed by atoms with van der Waals surface area (Å²) in [6, 6.07) is 11.4. The average molecular weight is 287 g/mol. The summed E-state index contributed by atoms with van der Waals surface area (Å²) in [6.07, 6.45) is 0.936. The zero-order chi connectivity index (χ0) is 14.8. The number of hydrogen-bond donors (Lipinski definition) is 1. The fourth-order valence-corrected chi connectivity index (χ4v) is 3.06. The molecule has 0 fully saturated rings. The van der Waals surface area contributed by atoms with E-state index in [2.05, 4.69) is 39.1 Å². The Labute approximate surface area is 124 Å². The summed E-state index contributed by atoms with van der Waals surface area (Å²) in [4.78, 5) is 14.8. The number of hydrogen-bond acceptors (Lipinski definition) is 2. The molecule has 0 saturated heterocycles. The van der Waals surface area contributed by atoms with Gasteiger partial charge in [0.1, 0.15) is 0 Å². The molecular weight excluding hydrogens is 266 g/mol. The molecule has 0 unspecified atom stereocenters. The standard InChI is InChI=1S/C17H21NOS/c1-5-14-13(11-15(20-14)17(2,3)4)18-16(19)12-9-7-6-8-10-12/h6-11H,5H2,1-4H3,(H,18,19). The van der Waals surface area contributed by atoms with Gasteiger partial charge in [-0.15, -0.1) is 11.3 Å². The highest BCUT2D eigenvalue weighted by molar-refractivity contribution is 7.12. The van der Waals surface area contributed by atoms with Crippen LogP contribution in [0.15, 0.2) is 36.4 Å². The van der Waals surface area contributed by atoms with Gasteiger partial charge in [0, 0.05) is 15.3 Å². The number of nitrogens with one attached hydrogen (secondary N) is 1. The lowest BCUT2D eigenvalue weighted by atomic mass is 9.94. The van der Waals surface area contributed by atoms with Crippen molar-refractivity contribution in [1.29, 1.82) is 0 Å². The molecule has 106 valence electrons. The summed E-state index contributed by atoms with van der Waals surface area (Å²) in [7, 11) is 0. The molecule has 2 nitrogen and oxygen atoms in total. The minimum absolute atomic E-state index is 0.0430. The Hall–Kier alpha value is -1.61. The summed E-state index contributed by atoms with van der Waals surface area (Å²) >= 11 is 1.79. The first kappa shape index (κ1) is 14.8. The zero-order valence-electron chi connectivity index (χ0n) is 12.5. The van der Waals surface area contributed by atoms with Gasteiger partial charge in [-0.05, 0) is 30.0 Å². The molecule has 0 aliphatic carbocycles. The predicted molar refractivity (Wildman–Crippen MR) is 86.8 cm³/mol. The Morgan fingerprint density at radius 1 is 1.20 bits per heavy atom. The maximum absolute atomic E-state index is 12.2. The zero-order valence-corrected chi connectivity index (χ0v) is 13.3. The number of thiophene rings is 1. The van der Waals surface area contributed by atoms with E-state index in [0.717, 1.165) is 12.1 Å². The quantitative estimate of drug-likeness (QED) is 0.858. The molecule has 1 amide bonds. The molecule has 3 heteroatoms. The van der Waals surface area contributed by atoms with Gasteiger partial charge in [0.25, 0.3) is 5.91 Å². The minimum atomic E-state index is -0.0430. The smallest absolute Gasteiger partial charge is 0.255 e. The molecule has 2 rings (SSSR count). The number of amides is 1. The number of rotatable bonds is 3. The molecule has 0 radical (unpaired) electrons. The lowest BCUT2D eigenvalue weighted by Gasteiger charge is -2.15. The number of anilines is 1. The van der Waals surface area contributed by atoms with E-state index in [1.807, 2.05) is 30.3 Å². The van der Waals surface area contributed by atoms with Crippen molar-refractivity contribution in [3.63, 3.8) is 0 Å². The number of carbonyl (C=O) groups is 1. The molecule has 0 aliphatic rings. The molecular formula is C17H21NOS. The summed E-state index contributed by atoms with van der Waals surface area (Å²) in [5.74, 6) is -0.0430. The van der Waals surface area contributed by atoms with Gasteiger partial charge < -0.3 is 5.32 Å². The van der Waals surface area contributed by atoms with Crippen LogP contribution in [0.25, 0.3) is 0 Å². The molecule has 1 N–H and O–H groups in total. The normalized spacial score (nSPS) is 11.4. The van der Waals surface area contributed by atoms with Gasteiger partial charge in [0.05, 0.1) is 5.69 Å². The van der Waals surface area contributed by atoms with Crippen molar-refractivity contribution in [2.75, 3.05) is 5.32 Å². The first-order chi connectivity index (χ1) is 9.41. The van der Waals surface area contributed by atoms with E-state index in [1.54, 1.807) is 11.3 Å². The van der Waals surface area contributed by atoms with E-state index in [1.165, 1.54) is 9.75 Å². The fourth-order valence-electron chi connectivity index (χ4n) is 1.95. The maximum Gasteiger partial charge on any atom is 0.255 e. The van der Waals surface area contributed by atoms with Crippen molar-refractivity contribution < 1.29 is 4.79 Å². The van der Waals surface area contributed by atoms with Crippen LogP contribution < -0.4 is 5.32 Å². The molecule has 2 aromatic rings. The Morgan fingerprint density at radius 3 is 2.40 bits per heavy atom. The van der Waals surface area contributed by atoms with Crippen molar-refractivity contribution in [1.82, 2.24) is 0 Å². The second-order valence-electron chi connectivity index (χ2n) is 5.87. The van der Waals surface area contributed by atoms with Gasteiger partial charge in [-0.3, -0.25) is 4.79 Å². The van der Waals surface area contributed by atoms with Gasteiger partial charge in [0.15, 0.2) is 0 Å². The molecule has 1 heterocycles. The third-order valence-corrected chi connectivity index (χ3v) is 4.86. The van der Waals surface area contributed by atoms with Crippen LogP contribution in [-0.4, -0.2) is 5.91 Å². The van der Waals surface area contributed by atoms with Crippen molar-refractivity contribution in [2.24, 2.45) is 0 Å². The van der Waals surface area contributed by atoms with E-state index in [0.29, 0.717) is 5.56 Å². The molecule has 20 heavy (non-hydrogen) atoms. The van der Waals surface area contributed by atoms with Gasteiger partial charge in [-0.25, -0.2) is 0 Å². The van der Waals surface area contributed by atoms with Gasteiger partial charge >= 0.3 is 0 Å². The molecule has 0 bridgehead atoms. The second kappa shape index (κ2) is 5.80. The van der Waals surface area contributed by atoms with Crippen LogP contribution in [0, 0.1) is 0 Å². The van der Waals surface area contributed by atoms with Crippen LogP contribution in [0.3, 0.4) is 0 Å². The van der Waals surface area contributed by atoms with E-state index in [9.17, 15) is 4.79 Å². The van der Waals surface area contributed by atoms with Crippen LogP contribution in [0.4, 0.5) is 5.69 Å². The molecule has 0 spiro atoms. The van der Waals surface area contributed by atoms with Crippen LogP contribution in [-0.2, 0) is 11.8 Å². The Balaban J connectivity index is 2.25. The van der Waals surface area contributed by atoms with Gasteiger partial charge in [-0.2, -0.15) is 0 Å². The van der Waals surface area contributed by atoms with Gasteiger partial charge in [-0.1, -0.05) is 45.9 Å². The number of benzene rings is 1.